The van der Waals surface area contributed by atoms with E-state index in [4.69, 9.17) is 9.84 Å². The third-order valence-electron chi connectivity index (χ3n) is 3.97. The quantitative estimate of drug-likeness (QED) is 0.940. The smallest absolute Gasteiger partial charge is 0.335 e. The van der Waals surface area contributed by atoms with Gasteiger partial charge in [-0.3, -0.25) is 5.01 Å². The highest BCUT2D eigenvalue weighted by Gasteiger charge is 2.18. The minimum absolute atomic E-state index is 0.264. The monoisotopic (exact) mass is 310 g/mol. The molecule has 0 radical (unpaired) electrons. The van der Waals surface area contributed by atoms with E-state index in [0.29, 0.717) is 0 Å². The Kier molecular flexibility index (Phi) is 4.28. The van der Waals surface area contributed by atoms with E-state index >= 15 is 0 Å². The van der Waals surface area contributed by atoms with Crippen LogP contribution in [0.5, 0.6) is 5.75 Å². The number of carboxylic acids is 1. The molecule has 0 aromatic heterocycles. The Labute approximate surface area is 134 Å². The second-order valence-electron chi connectivity index (χ2n) is 5.41. The molecule has 0 bridgehead atoms. The highest BCUT2D eigenvalue weighted by atomic mass is 16.5. The Balaban J connectivity index is 1.75. The fraction of sp³-hybridized carbons (Fsp3) is 0.222. The number of methoxy groups -OCH3 is 1. The lowest BCUT2D eigenvalue weighted by molar-refractivity contribution is 0.0697. The fourth-order valence-electron chi connectivity index (χ4n) is 2.65. The van der Waals surface area contributed by atoms with Crippen LogP contribution >= 0.6 is 0 Å². The number of hydrogen-bond donors (Lipinski definition) is 1. The van der Waals surface area contributed by atoms with Crippen molar-refractivity contribution >= 4 is 17.9 Å². The number of hydrogen-bond acceptors (Lipinski definition) is 4. The lowest BCUT2D eigenvalue weighted by Crippen LogP contribution is -2.25. The number of rotatable bonds is 4. The zero-order valence-corrected chi connectivity index (χ0v) is 12.8. The van der Waals surface area contributed by atoms with Crippen molar-refractivity contribution in [3.05, 3.63) is 59.7 Å². The lowest BCUT2D eigenvalue weighted by Gasteiger charge is -2.26. The molecule has 0 fully saturated rings. The molecular formula is C18H18N2O3. The number of hydrazone groups is 1. The summed E-state index contributed by atoms with van der Waals surface area (Å²) in [5.74, 6) is 0.178. The zero-order chi connectivity index (χ0) is 16.2. The van der Waals surface area contributed by atoms with Crippen molar-refractivity contribution in [1.29, 1.82) is 0 Å². The molecule has 118 valence electrons. The molecule has 1 aliphatic heterocycles. The number of anilines is 1. The third-order valence-corrected chi connectivity index (χ3v) is 3.97. The Bertz CT molecular complexity index is 725. The summed E-state index contributed by atoms with van der Waals surface area (Å²) in [6, 6.07) is 14.8. The van der Waals surface area contributed by atoms with Crippen molar-refractivity contribution < 1.29 is 14.6 Å². The Morgan fingerprint density at radius 1 is 1.26 bits per heavy atom. The van der Waals surface area contributed by atoms with Crippen LogP contribution in [0, 0.1) is 0 Å². The summed E-state index contributed by atoms with van der Waals surface area (Å²) in [5, 5.41) is 15.4. The third kappa shape index (κ3) is 3.34. The van der Waals surface area contributed by atoms with Crippen LogP contribution < -0.4 is 9.75 Å². The predicted molar refractivity (Wildman–Crippen MR) is 89.6 cm³/mol. The molecule has 0 amide bonds. The highest BCUT2D eigenvalue weighted by molar-refractivity contribution is 5.89. The van der Waals surface area contributed by atoms with E-state index in [1.54, 1.807) is 25.3 Å². The maximum atomic E-state index is 11.1. The summed E-state index contributed by atoms with van der Waals surface area (Å²) in [6.07, 6.45) is 2.84. The molecule has 5 heteroatoms. The van der Waals surface area contributed by atoms with Crippen LogP contribution in [0.15, 0.2) is 53.6 Å². The molecule has 0 aliphatic carbocycles. The Morgan fingerprint density at radius 3 is 2.65 bits per heavy atom. The summed E-state index contributed by atoms with van der Waals surface area (Å²) in [6.45, 7) is 0.746. The van der Waals surface area contributed by atoms with Crippen LogP contribution in [-0.4, -0.2) is 30.9 Å². The molecule has 1 N–H and O–H groups in total. The molecule has 0 spiro atoms. The van der Waals surface area contributed by atoms with Gasteiger partial charge in [0.15, 0.2) is 0 Å². The van der Waals surface area contributed by atoms with E-state index < -0.39 is 5.97 Å². The minimum Gasteiger partial charge on any atom is -0.497 e. The summed E-state index contributed by atoms with van der Waals surface area (Å²) in [4.78, 5) is 11.1. The van der Waals surface area contributed by atoms with Crippen LogP contribution in [0.1, 0.15) is 28.3 Å². The van der Waals surface area contributed by atoms with Crippen LogP contribution in [0.2, 0.25) is 0 Å². The van der Waals surface area contributed by atoms with Gasteiger partial charge in [0.1, 0.15) is 5.75 Å². The molecule has 3 rings (SSSR count). The predicted octanol–water partition coefficient (Wildman–Crippen LogP) is 3.37. The van der Waals surface area contributed by atoms with Gasteiger partial charge in [-0.2, -0.15) is 5.10 Å². The average molecular weight is 310 g/mol. The van der Waals surface area contributed by atoms with E-state index in [-0.39, 0.29) is 11.5 Å². The molecular weight excluding hydrogens is 292 g/mol. The first-order valence-corrected chi connectivity index (χ1v) is 7.46. The van der Waals surface area contributed by atoms with Gasteiger partial charge in [-0.05, 0) is 42.3 Å². The first-order valence-electron chi connectivity index (χ1n) is 7.46. The number of carboxylic acid groups (broad SMARTS) is 1. The normalized spacial score (nSPS) is 17.1. The van der Waals surface area contributed by atoms with E-state index in [9.17, 15) is 4.79 Å². The van der Waals surface area contributed by atoms with E-state index in [1.807, 2.05) is 29.4 Å². The van der Waals surface area contributed by atoms with Crippen molar-refractivity contribution in [3.8, 4) is 5.75 Å². The van der Waals surface area contributed by atoms with Gasteiger partial charge < -0.3 is 9.84 Å². The van der Waals surface area contributed by atoms with Gasteiger partial charge in [0.25, 0.3) is 0 Å². The van der Waals surface area contributed by atoms with Gasteiger partial charge in [0, 0.05) is 18.7 Å². The molecule has 2 aromatic rings. The van der Waals surface area contributed by atoms with Crippen LogP contribution in [0.3, 0.4) is 0 Å². The Morgan fingerprint density at radius 2 is 2.04 bits per heavy atom. The largest absolute Gasteiger partial charge is 0.497 e. The average Bonchev–Trinajstić information content (AvgIpc) is 2.62. The highest BCUT2D eigenvalue weighted by Crippen LogP contribution is 2.27. The van der Waals surface area contributed by atoms with Gasteiger partial charge >= 0.3 is 5.97 Å². The van der Waals surface area contributed by atoms with Gasteiger partial charge in [-0.15, -0.1) is 0 Å². The molecule has 1 heterocycles. The second kappa shape index (κ2) is 6.52. The number of ether oxygens (including phenoxy) is 1. The SMILES string of the molecule is COc1ccc(C2C=NN(c3cccc(C(=O)O)c3)CC2)cc1. The van der Waals surface area contributed by atoms with Crippen molar-refractivity contribution in [3.63, 3.8) is 0 Å². The van der Waals surface area contributed by atoms with Crippen molar-refractivity contribution in [2.75, 3.05) is 18.7 Å². The molecule has 2 aromatic carbocycles. The number of benzene rings is 2. The molecule has 5 nitrogen and oxygen atoms in total. The fourth-order valence-corrected chi connectivity index (χ4v) is 2.65. The summed E-state index contributed by atoms with van der Waals surface area (Å²) < 4.78 is 5.17. The molecule has 23 heavy (non-hydrogen) atoms. The second-order valence-corrected chi connectivity index (χ2v) is 5.41. The van der Waals surface area contributed by atoms with Gasteiger partial charge in [0.2, 0.25) is 0 Å². The summed E-state index contributed by atoms with van der Waals surface area (Å²) in [7, 11) is 1.65. The zero-order valence-electron chi connectivity index (χ0n) is 12.8. The topological polar surface area (TPSA) is 62.1 Å². The minimum atomic E-state index is -0.927. The first kappa shape index (κ1) is 15.1. The molecule has 1 atom stereocenters. The molecule has 1 aliphatic rings. The van der Waals surface area contributed by atoms with Crippen molar-refractivity contribution in [1.82, 2.24) is 0 Å². The van der Waals surface area contributed by atoms with E-state index in [0.717, 1.165) is 24.4 Å². The van der Waals surface area contributed by atoms with Crippen LogP contribution in [0.4, 0.5) is 5.69 Å². The molecule has 1 unspecified atom stereocenters. The lowest BCUT2D eigenvalue weighted by atomic mass is 9.96. The maximum absolute atomic E-state index is 11.1. The van der Waals surface area contributed by atoms with Crippen LogP contribution in [0.25, 0.3) is 0 Å². The molecule has 0 saturated heterocycles. The van der Waals surface area contributed by atoms with Crippen molar-refractivity contribution in [2.24, 2.45) is 5.10 Å². The number of aromatic carboxylic acids is 1. The number of carbonyl (C=O) groups is 1. The van der Waals surface area contributed by atoms with Crippen LogP contribution in [-0.2, 0) is 0 Å². The van der Waals surface area contributed by atoms with Gasteiger partial charge in [-0.1, -0.05) is 18.2 Å². The standard InChI is InChI=1S/C18H18N2O3/c1-23-17-7-5-13(6-8-17)15-9-10-20(19-12-15)16-4-2-3-14(11-16)18(21)22/h2-8,11-12,15H,9-10H2,1H3,(H,21,22). The Hall–Kier alpha value is -2.82. The summed E-state index contributed by atoms with van der Waals surface area (Å²) >= 11 is 0. The maximum Gasteiger partial charge on any atom is 0.335 e. The van der Waals surface area contributed by atoms with E-state index in [1.165, 1.54) is 5.56 Å². The van der Waals surface area contributed by atoms with Crippen molar-refractivity contribution in [2.45, 2.75) is 12.3 Å². The summed E-state index contributed by atoms with van der Waals surface area (Å²) in [5.41, 5.74) is 2.28. The molecule has 0 saturated carbocycles. The van der Waals surface area contributed by atoms with Gasteiger partial charge in [-0.25, -0.2) is 4.79 Å². The van der Waals surface area contributed by atoms with E-state index in [2.05, 4.69) is 17.2 Å². The van der Waals surface area contributed by atoms with Gasteiger partial charge in [0.05, 0.1) is 18.4 Å². The number of nitrogens with zero attached hydrogens (tertiary/aromatic N) is 2. The first-order chi connectivity index (χ1) is 11.2.